The molecule has 3 aromatic rings. The molecule has 0 aliphatic heterocycles. The van der Waals surface area contributed by atoms with Crippen molar-refractivity contribution in [2.75, 3.05) is 10.6 Å². The van der Waals surface area contributed by atoms with Crippen LogP contribution in [0.5, 0.6) is 0 Å². The highest BCUT2D eigenvalue weighted by molar-refractivity contribution is 7.15. The number of carbonyl (C=O) groups is 2. The summed E-state index contributed by atoms with van der Waals surface area (Å²) in [6, 6.07) is 15.5. The van der Waals surface area contributed by atoms with E-state index in [9.17, 15) is 9.59 Å². The number of benzene rings is 2. The van der Waals surface area contributed by atoms with Crippen LogP contribution in [0.25, 0.3) is 21.8 Å². The van der Waals surface area contributed by atoms with Gasteiger partial charge in [0.15, 0.2) is 0 Å². The van der Waals surface area contributed by atoms with Crippen LogP contribution in [0.1, 0.15) is 24.6 Å². The molecule has 0 saturated heterocycles. The lowest BCUT2D eigenvalue weighted by Crippen LogP contribution is -2.13. The maximum Gasteiger partial charge on any atom is 0.227 e. The lowest BCUT2D eigenvalue weighted by molar-refractivity contribution is -0.117. The summed E-state index contributed by atoms with van der Waals surface area (Å²) in [4.78, 5) is 29.1. The van der Waals surface area contributed by atoms with Crippen LogP contribution in [-0.2, 0) is 9.59 Å². The zero-order valence-corrected chi connectivity index (χ0v) is 16.6. The highest BCUT2D eigenvalue weighted by Crippen LogP contribution is 2.35. The molecule has 1 aromatic heterocycles. The van der Waals surface area contributed by atoms with Crippen molar-refractivity contribution in [3.05, 3.63) is 53.4 Å². The van der Waals surface area contributed by atoms with Crippen molar-refractivity contribution in [1.82, 2.24) is 4.98 Å². The smallest absolute Gasteiger partial charge is 0.227 e. The quantitative estimate of drug-likeness (QED) is 0.636. The van der Waals surface area contributed by atoms with Gasteiger partial charge in [0.25, 0.3) is 0 Å². The molecule has 1 aliphatic rings. The topological polar surface area (TPSA) is 71.1 Å². The molecule has 2 aromatic carbocycles. The van der Waals surface area contributed by atoms with E-state index in [4.69, 9.17) is 4.98 Å². The van der Waals surface area contributed by atoms with Crippen molar-refractivity contribution < 1.29 is 9.59 Å². The Hall–Kier alpha value is -2.99. The van der Waals surface area contributed by atoms with Gasteiger partial charge in [-0.2, -0.15) is 0 Å². The average Bonchev–Trinajstić information content (AvgIpc) is 3.45. The number of hydrogen-bond acceptors (Lipinski definition) is 4. The molecule has 1 aliphatic carbocycles. The Morgan fingerprint density at radius 3 is 2.43 bits per heavy atom. The first-order chi connectivity index (χ1) is 13.5. The zero-order chi connectivity index (χ0) is 19.7. The summed E-state index contributed by atoms with van der Waals surface area (Å²) < 4.78 is 0. The van der Waals surface area contributed by atoms with Gasteiger partial charge in [0, 0.05) is 40.2 Å². The second kappa shape index (κ2) is 7.56. The summed E-state index contributed by atoms with van der Waals surface area (Å²) in [5, 5.41) is 6.68. The third kappa shape index (κ3) is 4.12. The number of aromatic nitrogens is 1. The van der Waals surface area contributed by atoms with Gasteiger partial charge in [-0.1, -0.05) is 24.3 Å². The van der Waals surface area contributed by atoms with Crippen LogP contribution in [0.15, 0.2) is 48.5 Å². The molecule has 0 atom stereocenters. The van der Waals surface area contributed by atoms with E-state index in [2.05, 4.69) is 17.6 Å². The predicted octanol–water partition coefficient (Wildman–Crippen LogP) is 5.09. The summed E-state index contributed by atoms with van der Waals surface area (Å²) in [7, 11) is 0. The zero-order valence-electron chi connectivity index (χ0n) is 15.8. The van der Waals surface area contributed by atoms with Gasteiger partial charge in [-0.3, -0.25) is 9.59 Å². The Balaban J connectivity index is 1.57. The van der Waals surface area contributed by atoms with Crippen LogP contribution < -0.4 is 10.6 Å². The Labute approximate surface area is 167 Å². The first-order valence-electron chi connectivity index (χ1n) is 9.26. The molecule has 142 valence electrons. The summed E-state index contributed by atoms with van der Waals surface area (Å²) >= 11 is 1.63. The Morgan fingerprint density at radius 2 is 1.75 bits per heavy atom. The number of nitrogens with zero attached hydrogens (tertiary/aromatic N) is 1. The van der Waals surface area contributed by atoms with E-state index in [-0.39, 0.29) is 17.7 Å². The van der Waals surface area contributed by atoms with E-state index in [0.29, 0.717) is 0 Å². The number of nitrogens with one attached hydrogen (secondary N) is 2. The number of amides is 2. The number of hydrogen-bond donors (Lipinski definition) is 2. The Bertz CT molecular complexity index is 1040. The molecule has 1 saturated carbocycles. The fourth-order valence-electron chi connectivity index (χ4n) is 3.02. The number of aryl methyl sites for hydroxylation is 1. The van der Waals surface area contributed by atoms with Gasteiger partial charge in [0.1, 0.15) is 5.01 Å². The average molecular weight is 391 g/mol. The van der Waals surface area contributed by atoms with Crippen LogP contribution in [0.4, 0.5) is 11.4 Å². The molecule has 0 unspecified atom stereocenters. The van der Waals surface area contributed by atoms with Gasteiger partial charge in [-0.25, -0.2) is 4.98 Å². The SMILES string of the molecule is CC(=O)Nc1ccc(-c2nc(-c3cccc(NC(=O)C4CC4)c3)sc2C)cc1. The van der Waals surface area contributed by atoms with E-state index < -0.39 is 0 Å². The van der Waals surface area contributed by atoms with Crippen molar-refractivity contribution in [1.29, 1.82) is 0 Å². The maximum absolute atomic E-state index is 12.0. The summed E-state index contributed by atoms with van der Waals surface area (Å²) in [6.45, 7) is 3.54. The van der Waals surface area contributed by atoms with Crippen LogP contribution in [0.2, 0.25) is 0 Å². The standard InChI is InChI=1S/C22H21N3O2S/c1-13-20(15-8-10-18(11-9-15)23-14(2)26)25-22(28-13)17-4-3-5-19(12-17)24-21(27)16-6-7-16/h3-5,8-12,16H,6-7H2,1-2H3,(H,23,26)(H,24,27). The minimum atomic E-state index is -0.0893. The summed E-state index contributed by atoms with van der Waals surface area (Å²) in [6.07, 6.45) is 1.97. The minimum Gasteiger partial charge on any atom is -0.326 e. The molecule has 0 bridgehead atoms. The fraction of sp³-hybridized carbons (Fsp3) is 0.227. The predicted molar refractivity (Wildman–Crippen MR) is 113 cm³/mol. The van der Waals surface area contributed by atoms with Crippen molar-refractivity contribution >= 4 is 34.5 Å². The molecule has 4 rings (SSSR count). The van der Waals surface area contributed by atoms with E-state index in [1.807, 2.05) is 48.5 Å². The molecular weight excluding hydrogens is 370 g/mol. The third-order valence-corrected chi connectivity index (χ3v) is 5.62. The molecule has 1 fully saturated rings. The van der Waals surface area contributed by atoms with Gasteiger partial charge in [-0.15, -0.1) is 11.3 Å². The van der Waals surface area contributed by atoms with E-state index >= 15 is 0 Å². The molecule has 2 N–H and O–H groups in total. The van der Waals surface area contributed by atoms with Gasteiger partial charge in [0.05, 0.1) is 5.69 Å². The van der Waals surface area contributed by atoms with E-state index in [1.54, 1.807) is 11.3 Å². The van der Waals surface area contributed by atoms with Crippen LogP contribution in [0, 0.1) is 12.8 Å². The molecule has 0 spiro atoms. The Morgan fingerprint density at radius 1 is 1.00 bits per heavy atom. The van der Waals surface area contributed by atoms with E-state index in [0.717, 1.165) is 50.9 Å². The van der Waals surface area contributed by atoms with Gasteiger partial charge < -0.3 is 10.6 Å². The van der Waals surface area contributed by atoms with Crippen molar-refractivity contribution in [3.8, 4) is 21.8 Å². The molecule has 5 nitrogen and oxygen atoms in total. The van der Waals surface area contributed by atoms with Crippen molar-refractivity contribution in [2.45, 2.75) is 26.7 Å². The lowest BCUT2D eigenvalue weighted by atomic mass is 10.1. The largest absolute Gasteiger partial charge is 0.326 e. The number of carbonyl (C=O) groups excluding carboxylic acids is 2. The fourth-order valence-corrected chi connectivity index (χ4v) is 3.95. The molecule has 1 heterocycles. The second-order valence-electron chi connectivity index (χ2n) is 7.03. The molecule has 2 amide bonds. The van der Waals surface area contributed by atoms with Gasteiger partial charge in [-0.05, 0) is 44.0 Å². The monoisotopic (exact) mass is 391 g/mol. The van der Waals surface area contributed by atoms with Crippen LogP contribution in [-0.4, -0.2) is 16.8 Å². The van der Waals surface area contributed by atoms with Gasteiger partial charge >= 0.3 is 0 Å². The molecule has 28 heavy (non-hydrogen) atoms. The van der Waals surface area contributed by atoms with Crippen LogP contribution in [0.3, 0.4) is 0 Å². The highest BCUT2D eigenvalue weighted by Gasteiger charge is 2.29. The molecule has 6 heteroatoms. The Kier molecular flexibility index (Phi) is 4.96. The normalized spacial score (nSPS) is 13.2. The van der Waals surface area contributed by atoms with Crippen LogP contribution >= 0.6 is 11.3 Å². The van der Waals surface area contributed by atoms with E-state index in [1.165, 1.54) is 6.92 Å². The maximum atomic E-state index is 12.0. The first kappa shape index (κ1) is 18.4. The number of anilines is 2. The van der Waals surface area contributed by atoms with Gasteiger partial charge in [0.2, 0.25) is 11.8 Å². The minimum absolute atomic E-state index is 0.0893. The third-order valence-electron chi connectivity index (χ3n) is 4.60. The summed E-state index contributed by atoms with van der Waals surface area (Å²) in [5.74, 6) is 0.193. The number of rotatable bonds is 5. The first-order valence-corrected chi connectivity index (χ1v) is 10.1. The highest BCUT2D eigenvalue weighted by atomic mass is 32.1. The van der Waals surface area contributed by atoms with Crippen molar-refractivity contribution in [2.24, 2.45) is 5.92 Å². The summed E-state index contributed by atoms with van der Waals surface area (Å²) in [5.41, 5.74) is 4.50. The lowest BCUT2D eigenvalue weighted by Gasteiger charge is -2.05. The molecule has 0 radical (unpaired) electrons. The second-order valence-corrected chi connectivity index (χ2v) is 8.23. The number of thiazole rings is 1. The van der Waals surface area contributed by atoms with Crippen molar-refractivity contribution in [3.63, 3.8) is 0 Å². The molecular formula is C22H21N3O2S.